The molecule has 3 heterocycles. The number of likely N-dealkylation sites (N-methyl/N-ethyl adjacent to an activating group) is 1. The molecule has 2 atom stereocenters. The number of aryl methyl sites for hydroxylation is 1. The summed E-state index contributed by atoms with van der Waals surface area (Å²) in [5.74, 6) is 1.14. The van der Waals surface area contributed by atoms with Crippen molar-refractivity contribution in [3.63, 3.8) is 0 Å². The molecule has 4 aromatic rings. The highest BCUT2D eigenvalue weighted by molar-refractivity contribution is 5.85. The SMILES string of the molecule is C=C1[C@H](Cc2ccc(C)cc2)N2C(=C)CN(C)N3C(NCc4ccccc4)=C[C@]23CN1Cc1cccc2ccccc12. The van der Waals surface area contributed by atoms with Crippen LogP contribution in [-0.4, -0.2) is 51.7 Å². The number of rotatable bonds is 7. The van der Waals surface area contributed by atoms with Gasteiger partial charge >= 0.3 is 0 Å². The lowest BCUT2D eigenvalue weighted by atomic mass is 9.86. The Morgan fingerprint density at radius 1 is 0.857 bits per heavy atom. The minimum atomic E-state index is -0.343. The van der Waals surface area contributed by atoms with Gasteiger partial charge in [0.2, 0.25) is 0 Å². The molecular weight excluding hydrogens is 514 g/mol. The van der Waals surface area contributed by atoms with Gasteiger partial charge in [-0.3, -0.25) is 5.01 Å². The lowest BCUT2D eigenvalue weighted by Crippen LogP contribution is -2.81. The fraction of sp³-hybridized carbons (Fsp3) is 0.243. The van der Waals surface area contributed by atoms with Crippen LogP contribution in [0, 0.1) is 6.92 Å². The Morgan fingerprint density at radius 3 is 2.40 bits per heavy atom. The first-order valence-electron chi connectivity index (χ1n) is 14.9. The minimum absolute atomic E-state index is 0.0899. The Labute approximate surface area is 249 Å². The van der Waals surface area contributed by atoms with Crippen molar-refractivity contribution in [3.05, 3.63) is 156 Å². The van der Waals surface area contributed by atoms with E-state index in [-0.39, 0.29) is 11.7 Å². The predicted octanol–water partition coefficient (Wildman–Crippen LogP) is 6.41. The first-order valence-corrected chi connectivity index (χ1v) is 14.9. The largest absolute Gasteiger partial charge is 0.367 e. The van der Waals surface area contributed by atoms with E-state index >= 15 is 0 Å². The molecule has 0 saturated carbocycles. The Balaban J connectivity index is 1.27. The van der Waals surface area contributed by atoms with Crippen LogP contribution in [0.3, 0.4) is 0 Å². The van der Waals surface area contributed by atoms with E-state index in [1.54, 1.807) is 0 Å². The number of nitrogens with zero attached hydrogens (tertiary/aromatic N) is 4. The number of benzene rings is 4. The summed E-state index contributed by atoms with van der Waals surface area (Å²) in [5.41, 5.74) is 7.14. The van der Waals surface area contributed by atoms with E-state index in [9.17, 15) is 0 Å². The second-order valence-corrected chi connectivity index (χ2v) is 12.0. The molecule has 5 nitrogen and oxygen atoms in total. The van der Waals surface area contributed by atoms with Gasteiger partial charge in [0.15, 0.2) is 5.66 Å². The lowest BCUT2D eigenvalue weighted by Gasteiger charge is -2.69. The van der Waals surface area contributed by atoms with Crippen LogP contribution in [0.5, 0.6) is 0 Å². The van der Waals surface area contributed by atoms with Crippen molar-refractivity contribution < 1.29 is 0 Å². The third-order valence-electron chi connectivity index (χ3n) is 9.11. The number of hydrogen-bond acceptors (Lipinski definition) is 5. The molecule has 0 unspecified atom stereocenters. The lowest BCUT2D eigenvalue weighted by molar-refractivity contribution is -0.199. The van der Waals surface area contributed by atoms with Crippen molar-refractivity contribution in [2.75, 3.05) is 20.1 Å². The standard InChI is InChI=1S/C37H39N5/c1-27-17-19-30(20-18-27)21-35-29(3)40(25-33-15-10-14-32-13-8-9-16-34(32)33)26-37-22-36(38-23-31-11-6-5-7-12-31)42(37)39(4)24-28(2)41(35)37/h5-20,22,35,38H,2-3,21,23-26H2,1,4H3/t35-,37-/m0/s1. The topological polar surface area (TPSA) is 25.0 Å². The number of piperazine rings is 1. The normalized spacial score (nSPS) is 22.0. The second kappa shape index (κ2) is 10.4. The molecule has 42 heavy (non-hydrogen) atoms. The zero-order chi connectivity index (χ0) is 28.8. The summed E-state index contributed by atoms with van der Waals surface area (Å²) in [5, 5.41) is 11.1. The van der Waals surface area contributed by atoms with Crippen LogP contribution in [0.4, 0.5) is 0 Å². The van der Waals surface area contributed by atoms with Crippen LogP contribution in [0.15, 0.2) is 134 Å². The Bertz CT molecular complexity index is 1670. The Hall–Kier alpha value is -4.48. The van der Waals surface area contributed by atoms with Gasteiger partial charge in [-0.1, -0.05) is 116 Å². The van der Waals surface area contributed by atoms with Crippen molar-refractivity contribution in [1.29, 1.82) is 0 Å². The maximum atomic E-state index is 4.76. The zero-order valence-electron chi connectivity index (χ0n) is 24.6. The molecule has 2 fully saturated rings. The van der Waals surface area contributed by atoms with E-state index in [0.29, 0.717) is 0 Å². The van der Waals surface area contributed by atoms with Crippen LogP contribution >= 0.6 is 0 Å². The fourth-order valence-electron chi connectivity index (χ4n) is 7.11. The molecule has 0 amide bonds. The molecule has 5 heteroatoms. The van der Waals surface area contributed by atoms with E-state index in [1.807, 2.05) is 0 Å². The summed E-state index contributed by atoms with van der Waals surface area (Å²) in [6.45, 7) is 14.7. The highest BCUT2D eigenvalue weighted by Crippen LogP contribution is 2.49. The van der Waals surface area contributed by atoms with Crippen molar-refractivity contribution >= 4 is 10.8 Å². The Morgan fingerprint density at radius 2 is 1.60 bits per heavy atom. The van der Waals surface area contributed by atoms with Gasteiger partial charge in [0, 0.05) is 37.6 Å². The molecule has 3 aliphatic rings. The van der Waals surface area contributed by atoms with Crippen molar-refractivity contribution in [3.8, 4) is 0 Å². The summed E-state index contributed by atoms with van der Waals surface area (Å²) < 4.78 is 0. The van der Waals surface area contributed by atoms with Gasteiger partial charge in [-0.15, -0.1) is 0 Å². The summed E-state index contributed by atoms with van der Waals surface area (Å²) >= 11 is 0. The molecule has 0 aromatic heterocycles. The number of nitrogens with one attached hydrogen (secondary N) is 1. The third-order valence-corrected chi connectivity index (χ3v) is 9.11. The molecule has 3 aliphatic heterocycles. The maximum absolute atomic E-state index is 4.76. The molecule has 0 aliphatic carbocycles. The summed E-state index contributed by atoms with van der Waals surface area (Å²) in [6.07, 6.45) is 3.30. The van der Waals surface area contributed by atoms with Gasteiger partial charge in [0.25, 0.3) is 0 Å². The van der Waals surface area contributed by atoms with Gasteiger partial charge in [0.05, 0.1) is 19.1 Å². The van der Waals surface area contributed by atoms with Gasteiger partial charge in [-0.05, 0) is 40.8 Å². The molecule has 212 valence electrons. The van der Waals surface area contributed by atoms with Crippen LogP contribution in [0.2, 0.25) is 0 Å². The van der Waals surface area contributed by atoms with Gasteiger partial charge in [0.1, 0.15) is 5.82 Å². The van der Waals surface area contributed by atoms with E-state index in [4.69, 9.17) is 6.58 Å². The van der Waals surface area contributed by atoms with Crippen molar-refractivity contribution in [1.82, 2.24) is 25.1 Å². The van der Waals surface area contributed by atoms with E-state index in [1.165, 1.54) is 33.0 Å². The molecular formula is C37H39N5. The van der Waals surface area contributed by atoms with Crippen molar-refractivity contribution in [2.24, 2.45) is 0 Å². The monoisotopic (exact) mass is 553 g/mol. The molecule has 2 saturated heterocycles. The predicted molar refractivity (Wildman–Crippen MR) is 172 cm³/mol. The van der Waals surface area contributed by atoms with Crippen molar-refractivity contribution in [2.45, 2.75) is 38.1 Å². The molecule has 0 bridgehead atoms. The molecule has 7 rings (SSSR count). The van der Waals surface area contributed by atoms with Gasteiger partial charge in [-0.2, -0.15) is 0 Å². The smallest absolute Gasteiger partial charge is 0.170 e. The van der Waals surface area contributed by atoms with Gasteiger partial charge in [-0.25, -0.2) is 5.01 Å². The molecule has 1 N–H and O–H groups in total. The average Bonchev–Trinajstić information content (AvgIpc) is 2.98. The Kier molecular flexibility index (Phi) is 6.55. The van der Waals surface area contributed by atoms with Gasteiger partial charge < -0.3 is 15.1 Å². The van der Waals surface area contributed by atoms with Crippen LogP contribution < -0.4 is 5.32 Å². The number of hydrazine groups is 1. The van der Waals surface area contributed by atoms with E-state index in [0.717, 1.165) is 49.8 Å². The highest BCUT2D eigenvalue weighted by Gasteiger charge is 2.60. The first kappa shape index (κ1) is 26.4. The second-order valence-electron chi connectivity index (χ2n) is 12.0. The highest BCUT2D eigenvalue weighted by atomic mass is 15.8. The van der Waals surface area contributed by atoms with Crippen LogP contribution in [0.25, 0.3) is 10.8 Å². The number of hydrogen-bond donors (Lipinski definition) is 1. The maximum Gasteiger partial charge on any atom is 0.170 e. The molecule has 1 spiro atoms. The molecule has 4 aromatic carbocycles. The third kappa shape index (κ3) is 4.45. The minimum Gasteiger partial charge on any atom is -0.367 e. The van der Waals surface area contributed by atoms with Crippen LogP contribution in [0.1, 0.15) is 22.3 Å². The zero-order valence-corrected chi connectivity index (χ0v) is 24.6. The molecule has 0 radical (unpaired) electrons. The summed E-state index contributed by atoms with van der Waals surface area (Å²) in [7, 11) is 2.18. The van der Waals surface area contributed by atoms with E-state index < -0.39 is 0 Å². The average molecular weight is 554 g/mol. The first-order chi connectivity index (χ1) is 20.4. The summed E-state index contributed by atoms with van der Waals surface area (Å²) in [6, 6.07) is 35.0. The summed E-state index contributed by atoms with van der Waals surface area (Å²) in [4.78, 5) is 5.07. The van der Waals surface area contributed by atoms with Crippen LogP contribution in [-0.2, 0) is 19.5 Å². The quantitative estimate of drug-likeness (QED) is 0.285. The van der Waals surface area contributed by atoms with E-state index in [2.05, 4.69) is 149 Å². The fourth-order valence-corrected chi connectivity index (χ4v) is 7.11. The number of fused-ring (bicyclic) bond motifs is 1.